The number of hydrogen-bond donors (Lipinski definition) is 5. The van der Waals surface area contributed by atoms with Gasteiger partial charge in [0.05, 0.1) is 12.0 Å². The number of aliphatic carboxylic acids is 2. The van der Waals surface area contributed by atoms with Crippen molar-refractivity contribution >= 4 is 23.8 Å². The van der Waals surface area contributed by atoms with Crippen LogP contribution in [-0.4, -0.2) is 52.2 Å². The third kappa shape index (κ3) is 9.85. The van der Waals surface area contributed by atoms with Crippen molar-refractivity contribution in [3.05, 3.63) is 71.8 Å². The summed E-state index contributed by atoms with van der Waals surface area (Å²) < 4.78 is 5.18. The summed E-state index contributed by atoms with van der Waals surface area (Å²) in [6.07, 6.45) is 0.454. The SMILES string of the molecule is NC(CCC[C@H](NC(=O)[C@@H](N)CC(Cc1ccccc1)C(=O)O)C(=O)O)C(=O)OCc1ccccc1. The first kappa shape index (κ1) is 28.5. The summed E-state index contributed by atoms with van der Waals surface area (Å²) in [5.74, 6) is -4.63. The molecule has 4 atom stereocenters. The minimum Gasteiger partial charge on any atom is -0.481 e. The van der Waals surface area contributed by atoms with Crippen LogP contribution in [0.15, 0.2) is 60.7 Å². The quantitative estimate of drug-likeness (QED) is 0.226. The van der Waals surface area contributed by atoms with Crippen LogP contribution in [0, 0.1) is 5.92 Å². The molecule has 7 N–H and O–H groups in total. The molecule has 0 aliphatic rings. The van der Waals surface area contributed by atoms with E-state index < -0.39 is 47.9 Å². The fraction of sp³-hybridized carbons (Fsp3) is 0.385. The Hall–Kier alpha value is -3.76. The molecule has 0 aliphatic heterocycles. The fourth-order valence-electron chi connectivity index (χ4n) is 3.62. The molecule has 0 spiro atoms. The number of nitrogens with one attached hydrogen (secondary N) is 1. The van der Waals surface area contributed by atoms with Crippen LogP contribution in [0.25, 0.3) is 0 Å². The summed E-state index contributed by atoms with van der Waals surface area (Å²) in [4.78, 5) is 47.9. The summed E-state index contributed by atoms with van der Waals surface area (Å²) in [5, 5.41) is 21.4. The number of amides is 1. The van der Waals surface area contributed by atoms with E-state index in [0.29, 0.717) is 0 Å². The third-order valence-corrected chi connectivity index (χ3v) is 5.70. The molecule has 10 nitrogen and oxygen atoms in total. The van der Waals surface area contributed by atoms with Crippen molar-refractivity contribution in [1.29, 1.82) is 0 Å². The van der Waals surface area contributed by atoms with E-state index in [1.807, 2.05) is 36.4 Å². The lowest BCUT2D eigenvalue weighted by molar-refractivity contribution is -0.147. The van der Waals surface area contributed by atoms with Crippen LogP contribution in [0.4, 0.5) is 0 Å². The molecule has 2 aromatic carbocycles. The predicted molar refractivity (Wildman–Crippen MR) is 131 cm³/mol. The Kier molecular flexibility index (Phi) is 11.5. The molecule has 2 rings (SSSR count). The van der Waals surface area contributed by atoms with Crippen molar-refractivity contribution in [3.63, 3.8) is 0 Å². The highest BCUT2D eigenvalue weighted by Gasteiger charge is 2.28. The molecule has 0 aliphatic carbocycles. The maximum Gasteiger partial charge on any atom is 0.326 e. The third-order valence-electron chi connectivity index (χ3n) is 5.70. The summed E-state index contributed by atoms with van der Waals surface area (Å²) in [6, 6.07) is 14.7. The molecule has 10 heteroatoms. The Morgan fingerprint density at radius 1 is 0.806 bits per heavy atom. The highest BCUT2D eigenvalue weighted by atomic mass is 16.5. The Bertz CT molecular complexity index is 1000. The fourth-order valence-corrected chi connectivity index (χ4v) is 3.62. The van der Waals surface area contributed by atoms with Gasteiger partial charge in [0.2, 0.25) is 5.91 Å². The van der Waals surface area contributed by atoms with E-state index in [0.717, 1.165) is 11.1 Å². The zero-order chi connectivity index (χ0) is 26.5. The van der Waals surface area contributed by atoms with Crippen molar-refractivity contribution in [2.75, 3.05) is 0 Å². The first-order valence-electron chi connectivity index (χ1n) is 11.7. The van der Waals surface area contributed by atoms with Gasteiger partial charge in [0.15, 0.2) is 0 Å². The summed E-state index contributed by atoms with van der Waals surface area (Å²) in [7, 11) is 0. The molecule has 36 heavy (non-hydrogen) atoms. The molecule has 1 amide bonds. The molecule has 2 unspecified atom stereocenters. The highest BCUT2D eigenvalue weighted by molar-refractivity contribution is 5.87. The van der Waals surface area contributed by atoms with Gasteiger partial charge in [-0.3, -0.25) is 14.4 Å². The van der Waals surface area contributed by atoms with E-state index in [-0.39, 0.29) is 38.7 Å². The number of carboxylic acids is 2. The van der Waals surface area contributed by atoms with Crippen molar-refractivity contribution in [1.82, 2.24) is 5.32 Å². The number of hydrogen-bond acceptors (Lipinski definition) is 7. The number of esters is 1. The lowest BCUT2D eigenvalue weighted by atomic mass is 9.92. The molecule has 0 aromatic heterocycles. The molecule has 0 saturated heterocycles. The average molecular weight is 500 g/mol. The van der Waals surface area contributed by atoms with Gasteiger partial charge in [-0.25, -0.2) is 4.79 Å². The Labute approximate surface area is 209 Å². The van der Waals surface area contributed by atoms with Gasteiger partial charge in [-0.1, -0.05) is 60.7 Å². The van der Waals surface area contributed by atoms with Gasteiger partial charge in [0, 0.05) is 0 Å². The largest absolute Gasteiger partial charge is 0.481 e. The van der Waals surface area contributed by atoms with Crippen LogP contribution in [0.2, 0.25) is 0 Å². The summed E-state index contributed by atoms with van der Waals surface area (Å²) in [5.41, 5.74) is 13.4. The molecular weight excluding hydrogens is 466 g/mol. The zero-order valence-corrected chi connectivity index (χ0v) is 19.9. The second-order valence-corrected chi connectivity index (χ2v) is 8.60. The van der Waals surface area contributed by atoms with Gasteiger partial charge in [0.25, 0.3) is 0 Å². The van der Waals surface area contributed by atoms with Crippen LogP contribution in [0.5, 0.6) is 0 Å². The Morgan fingerprint density at radius 2 is 1.39 bits per heavy atom. The molecular formula is C26H33N3O7. The van der Waals surface area contributed by atoms with Crippen LogP contribution < -0.4 is 16.8 Å². The van der Waals surface area contributed by atoms with Crippen LogP contribution in [-0.2, 0) is 36.9 Å². The highest BCUT2D eigenvalue weighted by Crippen LogP contribution is 2.15. The maximum atomic E-state index is 12.5. The van der Waals surface area contributed by atoms with E-state index in [2.05, 4.69) is 5.32 Å². The normalized spacial score (nSPS) is 14.2. The van der Waals surface area contributed by atoms with Gasteiger partial charge in [0.1, 0.15) is 18.7 Å². The molecule has 0 bridgehead atoms. The number of ether oxygens (including phenoxy) is 1. The minimum atomic E-state index is -1.27. The number of carboxylic acid groups (broad SMARTS) is 2. The van der Waals surface area contributed by atoms with Crippen LogP contribution in [0.1, 0.15) is 36.8 Å². The van der Waals surface area contributed by atoms with Gasteiger partial charge in [-0.15, -0.1) is 0 Å². The topological polar surface area (TPSA) is 182 Å². The monoisotopic (exact) mass is 499 g/mol. The molecule has 0 saturated carbocycles. The first-order chi connectivity index (χ1) is 17.2. The van der Waals surface area contributed by atoms with E-state index in [1.54, 1.807) is 24.3 Å². The molecule has 0 radical (unpaired) electrons. The van der Waals surface area contributed by atoms with Gasteiger partial charge >= 0.3 is 17.9 Å². The number of carbonyl (C=O) groups is 4. The predicted octanol–water partition coefficient (Wildman–Crippen LogP) is 1.46. The van der Waals surface area contributed by atoms with Crippen LogP contribution in [0.3, 0.4) is 0 Å². The summed E-state index contributed by atoms with van der Waals surface area (Å²) in [6.45, 7) is 0.0840. The molecule has 194 valence electrons. The van der Waals surface area contributed by atoms with Crippen molar-refractivity contribution in [3.8, 4) is 0 Å². The van der Waals surface area contributed by atoms with Gasteiger partial charge in [-0.2, -0.15) is 0 Å². The number of nitrogens with two attached hydrogens (primary N) is 2. The van der Waals surface area contributed by atoms with E-state index in [1.165, 1.54) is 0 Å². The van der Waals surface area contributed by atoms with Crippen LogP contribution >= 0.6 is 0 Å². The number of rotatable bonds is 15. The van der Waals surface area contributed by atoms with E-state index in [9.17, 15) is 29.4 Å². The zero-order valence-electron chi connectivity index (χ0n) is 19.9. The second kappa shape index (κ2) is 14.6. The number of benzene rings is 2. The van der Waals surface area contributed by atoms with Gasteiger partial charge < -0.3 is 31.7 Å². The second-order valence-electron chi connectivity index (χ2n) is 8.60. The maximum absolute atomic E-state index is 12.5. The lowest BCUT2D eigenvalue weighted by Crippen LogP contribution is -2.49. The van der Waals surface area contributed by atoms with Crippen molar-refractivity contribution in [2.24, 2.45) is 17.4 Å². The molecule has 0 fully saturated rings. The average Bonchev–Trinajstić information content (AvgIpc) is 2.87. The standard InChI is InChI=1S/C26H33N3O7/c27-20(26(35)36-16-18-10-5-2-6-11-18)12-7-13-22(25(33)34)29-23(30)21(28)15-19(24(31)32)14-17-8-3-1-4-9-17/h1-6,8-11,19-22H,7,12-16,27-28H2,(H,29,30)(H,31,32)(H,33,34)/t19?,20?,21-,22-/m0/s1. The van der Waals surface area contributed by atoms with Crippen molar-refractivity contribution in [2.45, 2.75) is 56.8 Å². The Morgan fingerprint density at radius 3 is 1.94 bits per heavy atom. The molecule has 2 aromatic rings. The summed E-state index contributed by atoms with van der Waals surface area (Å²) >= 11 is 0. The Balaban J connectivity index is 1.80. The van der Waals surface area contributed by atoms with Gasteiger partial charge in [-0.05, 0) is 43.2 Å². The van der Waals surface area contributed by atoms with E-state index >= 15 is 0 Å². The number of carbonyl (C=O) groups excluding carboxylic acids is 2. The smallest absolute Gasteiger partial charge is 0.326 e. The van der Waals surface area contributed by atoms with E-state index in [4.69, 9.17) is 16.2 Å². The minimum absolute atomic E-state index is 0.0137. The first-order valence-corrected chi connectivity index (χ1v) is 11.7. The van der Waals surface area contributed by atoms with Crippen molar-refractivity contribution < 1.29 is 34.1 Å². The molecule has 0 heterocycles. The lowest BCUT2D eigenvalue weighted by Gasteiger charge is -2.21.